The SMILES string of the molecule is COC(=O)c1ccc(-c2cc(Cl)cc(Cl)c2Cl)c(NC(C)=O)n1. The number of hydrogen-bond acceptors (Lipinski definition) is 4. The van der Waals surface area contributed by atoms with E-state index in [4.69, 9.17) is 34.8 Å². The van der Waals surface area contributed by atoms with Gasteiger partial charge in [-0.05, 0) is 24.3 Å². The highest BCUT2D eigenvalue weighted by Gasteiger charge is 2.17. The third-order valence-electron chi connectivity index (χ3n) is 2.87. The number of halogens is 3. The van der Waals surface area contributed by atoms with E-state index in [1.165, 1.54) is 26.2 Å². The minimum atomic E-state index is -0.627. The van der Waals surface area contributed by atoms with Gasteiger partial charge in [0.25, 0.3) is 0 Å². The fourth-order valence-corrected chi connectivity index (χ4v) is 2.61. The molecule has 0 bridgehead atoms. The highest BCUT2D eigenvalue weighted by atomic mass is 35.5. The Balaban J connectivity index is 2.66. The Labute approximate surface area is 147 Å². The van der Waals surface area contributed by atoms with Gasteiger partial charge < -0.3 is 10.1 Å². The summed E-state index contributed by atoms with van der Waals surface area (Å²) >= 11 is 18.3. The summed E-state index contributed by atoms with van der Waals surface area (Å²) in [5.41, 5.74) is 1.00. The molecule has 1 heterocycles. The summed E-state index contributed by atoms with van der Waals surface area (Å²) in [5.74, 6) is -0.830. The molecule has 0 aliphatic rings. The Morgan fingerprint density at radius 1 is 1.13 bits per heavy atom. The number of aromatic nitrogens is 1. The Hall–Kier alpha value is -1.82. The van der Waals surface area contributed by atoms with Crippen molar-refractivity contribution in [2.75, 3.05) is 12.4 Å². The molecule has 23 heavy (non-hydrogen) atoms. The fourth-order valence-electron chi connectivity index (χ4n) is 1.91. The van der Waals surface area contributed by atoms with E-state index in [1.807, 2.05) is 0 Å². The first kappa shape index (κ1) is 17.5. The van der Waals surface area contributed by atoms with E-state index in [1.54, 1.807) is 12.1 Å². The maximum Gasteiger partial charge on any atom is 0.356 e. The van der Waals surface area contributed by atoms with Gasteiger partial charge in [0.1, 0.15) is 5.82 Å². The van der Waals surface area contributed by atoms with Gasteiger partial charge in [-0.3, -0.25) is 4.79 Å². The highest BCUT2D eigenvalue weighted by molar-refractivity contribution is 6.45. The minimum Gasteiger partial charge on any atom is -0.464 e. The molecule has 0 atom stereocenters. The molecule has 0 saturated heterocycles. The van der Waals surface area contributed by atoms with Crippen LogP contribution in [0.2, 0.25) is 15.1 Å². The van der Waals surface area contributed by atoms with Crippen LogP contribution < -0.4 is 5.32 Å². The molecule has 1 N–H and O–H groups in total. The average Bonchev–Trinajstić information content (AvgIpc) is 2.49. The lowest BCUT2D eigenvalue weighted by Gasteiger charge is -2.13. The van der Waals surface area contributed by atoms with Gasteiger partial charge in [0.05, 0.1) is 17.2 Å². The van der Waals surface area contributed by atoms with Crippen LogP contribution in [0.5, 0.6) is 0 Å². The van der Waals surface area contributed by atoms with Gasteiger partial charge >= 0.3 is 5.97 Å². The van der Waals surface area contributed by atoms with Crippen molar-refractivity contribution < 1.29 is 14.3 Å². The second-order valence-electron chi connectivity index (χ2n) is 4.51. The van der Waals surface area contributed by atoms with Gasteiger partial charge in [0, 0.05) is 23.1 Å². The van der Waals surface area contributed by atoms with Crippen LogP contribution in [0.15, 0.2) is 24.3 Å². The summed E-state index contributed by atoms with van der Waals surface area (Å²) in [7, 11) is 1.24. The van der Waals surface area contributed by atoms with Crippen LogP contribution in [0.25, 0.3) is 11.1 Å². The topological polar surface area (TPSA) is 68.3 Å². The van der Waals surface area contributed by atoms with E-state index in [0.717, 1.165) is 0 Å². The summed E-state index contributed by atoms with van der Waals surface area (Å²) < 4.78 is 4.62. The number of pyridine rings is 1. The number of anilines is 1. The number of nitrogens with zero attached hydrogens (tertiary/aromatic N) is 1. The van der Waals surface area contributed by atoms with Crippen LogP contribution in [-0.4, -0.2) is 24.0 Å². The van der Waals surface area contributed by atoms with Crippen LogP contribution in [0.4, 0.5) is 5.82 Å². The number of rotatable bonds is 3. The normalized spacial score (nSPS) is 10.3. The molecular weight excluding hydrogens is 363 g/mol. The van der Waals surface area contributed by atoms with E-state index in [9.17, 15) is 9.59 Å². The number of carbonyl (C=O) groups excluding carboxylic acids is 2. The van der Waals surface area contributed by atoms with Gasteiger partial charge in [0.15, 0.2) is 5.69 Å². The van der Waals surface area contributed by atoms with Crippen molar-refractivity contribution in [3.63, 3.8) is 0 Å². The number of esters is 1. The van der Waals surface area contributed by atoms with E-state index in [0.29, 0.717) is 16.1 Å². The summed E-state index contributed by atoms with van der Waals surface area (Å²) in [4.78, 5) is 27.1. The number of carbonyl (C=O) groups is 2. The zero-order chi connectivity index (χ0) is 17.1. The average molecular weight is 374 g/mol. The van der Waals surface area contributed by atoms with Gasteiger partial charge in [-0.15, -0.1) is 0 Å². The molecule has 0 aliphatic carbocycles. The summed E-state index contributed by atoms with van der Waals surface area (Å²) in [6, 6.07) is 6.13. The second kappa shape index (κ2) is 7.17. The van der Waals surface area contributed by atoms with Gasteiger partial charge in [-0.25, -0.2) is 9.78 Å². The van der Waals surface area contributed by atoms with Crippen molar-refractivity contribution in [3.8, 4) is 11.1 Å². The first-order valence-corrected chi connectivity index (χ1v) is 7.48. The number of ether oxygens (including phenoxy) is 1. The van der Waals surface area contributed by atoms with E-state index >= 15 is 0 Å². The van der Waals surface area contributed by atoms with E-state index in [-0.39, 0.29) is 27.5 Å². The molecule has 2 rings (SSSR count). The number of amides is 1. The van der Waals surface area contributed by atoms with Crippen molar-refractivity contribution in [2.45, 2.75) is 6.92 Å². The van der Waals surface area contributed by atoms with Crippen LogP contribution in [0.3, 0.4) is 0 Å². The predicted molar refractivity (Wildman–Crippen MR) is 90.3 cm³/mol. The molecule has 0 fully saturated rings. The maximum absolute atomic E-state index is 11.6. The number of nitrogens with one attached hydrogen (secondary N) is 1. The third kappa shape index (κ3) is 3.93. The largest absolute Gasteiger partial charge is 0.464 e. The lowest BCUT2D eigenvalue weighted by molar-refractivity contribution is -0.114. The van der Waals surface area contributed by atoms with Gasteiger partial charge in [-0.1, -0.05) is 34.8 Å². The molecule has 5 nitrogen and oxygen atoms in total. The van der Waals surface area contributed by atoms with Gasteiger partial charge in [0.2, 0.25) is 5.91 Å². The Morgan fingerprint density at radius 3 is 2.43 bits per heavy atom. The highest BCUT2D eigenvalue weighted by Crippen LogP contribution is 2.39. The molecule has 1 aromatic carbocycles. The molecule has 0 saturated carbocycles. The van der Waals surface area contributed by atoms with Crippen molar-refractivity contribution >= 4 is 52.5 Å². The van der Waals surface area contributed by atoms with Crippen molar-refractivity contribution in [2.24, 2.45) is 0 Å². The molecule has 0 aliphatic heterocycles. The van der Waals surface area contributed by atoms with E-state index in [2.05, 4.69) is 15.0 Å². The molecule has 0 unspecified atom stereocenters. The molecular formula is C15H11Cl3N2O3. The molecule has 0 spiro atoms. The molecule has 8 heteroatoms. The third-order valence-corrected chi connectivity index (χ3v) is 3.89. The van der Waals surface area contributed by atoms with Crippen molar-refractivity contribution in [1.29, 1.82) is 0 Å². The molecule has 2 aromatic rings. The second-order valence-corrected chi connectivity index (χ2v) is 5.74. The van der Waals surface area contributed by atoms with Crippen LogP contribution in [0, 0.1) is 0 Å². The quantitative estimate of drug-likeness (QED) is 0.637. The number of methoxy groups -OCH3 is 1. The summed E-state index contributed by atoms with van der Waals surface area (Å²) in [6.45, 7) is 1.32. The standard InChI is InChI=1S/C15H11Cl3N2O3/c1-7(21)19-14-9(3-4-12(20-14)15(22)23-2)10-5-8(16)6-11(17)13(10)18/h3-6H,1-2H3,(H,19,20,21). The summed E-state index contributed by atoms with van der Waals surface area (Å²) in [5, 5.41) is 3.45. The van der Waals surface area contributed by atoms with Crippen molar-refractivity contribution in [1.82, 2.24) is 4.98 Å². The number of hydrogen-bond donors (Lipinski definition) is 1. The fraction of sp³-hybridized carbons (Fsp3) is 0.133. The minimum absolute atomic E-state index is 0.0456. The lowest BCUT2D eigenvalue weighted by atomic mass is 10.1. The Morgan fingerprint density at radius 2 is 1.83 bits per heavy atom. The Bertz CT molecular complexity index is 794. The van der Waals surface area contributed by atoms with Crippen LogP contribution >= 0.6 is 34.8 Å². The van der Waals surface area contributed by atoms with Crippen LogP contribution in [-0.2, 0) is 9.53 Å². The summed E-state index contributed by atoms with van der Waals surface area (Å²) in [6.07, 6.45) is 0. The molecule has 0 radical (unpaired) electrons. The van der Waals surface area contributed by atoms with Gasteiger partial charge in [-0.2, -0.15) is 0 Å². The predicted octanol–water partition coefficient (Wildman–Crippen LogP) is 4.45. The Kier molecular flexibility index (Phi) is 5.46. The first-order valence-electron chi connectivity index (χ1n) is 6.35. The maximum atomic E-state index is 11.6. The van der Waals surface area contributed by atoms with Crippen LogP contribution in [0.1, 0.15) is 17.4 Å². The lowest BCUT2D eigenvalue weighted by Crippen LogP contribution is -2.12. The number of benzene rings is 1. The zero-order valence-corrected chi connectivity index (χ0v) is 14.4. The van der Waals surface area contributed by atoms with Crippen molar-refractivity contribution in [3.05, 3.63) is 45.0 Å². The smallest absolute Gasteiger partial charge is 0.356 e. The molecule has 1 aromatic heterocycles. The van der Waals surface area contributed by atoms with E-state index < -0.39 is 5.97 Å². The first-order chi connectivity index (χ1) is 10.8. The molecule has 120 valence electrons. The molecule has 1 amide bonds. The zero-order valence-electron chi connectivity index (χ0n) is 12.1. The monoisotopic (exact) mass is 372 g/mol.